The van der Waals surface area contributed by atoms with Gasteiger partial charge in [0.1, 0.15) is 0 Å². The molecular weight excluding hydrogens is 287 g/mol. The van der Waals surface area contributed by atoms with Gasteiger partial charge >= 0.3 is 0 Å². The van der Waals surface area contributed by atoms with Crippen LogP contribution in [0.25, 0.3) is 0 Å². The molecular formula is C17H19FO2S. The van der Waals surface area contributed by atoms with E-state index in [0.717, 1.165) is 19.3 Å². The van der Waals surface area contributed by atoms with Crippen molar-refractivity contribution in [2.45, 2.75) is 37.7 Å². The lowest BCUT2D eigenvalue weighted by Gasteiger charge is -2.27. The minimum atomic E-state index is -0.555. The van der Waals surface area contributed by atoms with Gasteiger partial charge in [-0.25, -0.2) is 4.39 Å². The molecule has 1 N–H and O–H groups in total. The predicted octanol–water partition coefficient (Wildman–Crippen LogP) is 3.92. The molecule has 2 unspecified atom stereocenters. The first-order chi connectivity index (χ1) is 10.2. The van der Waals surface area contributed by atoms with Gasteiger partial charge < -0.3 is 9.84 Å². The largest absolute Gasteiger partial charge is 0.494 e. The van der Waals surface area contributed by atoms with Crippen LogP contribution in [0.2, 0.25) is 0 Å². The summed E-state index contributed by atoms with van der Waals surface area (Å²) in [5.74, 6) is -0.00873. The van der Waals surface area contributed by atoms with Crippen LogP contribution >= 0.6 is 11.3 Å². The van der Waals surface area contributed by atoms with Gasteiger partial charge in [0, 0.05) is 17.2 Å². The third kappa shape index (κ3) is 2.83. The van der Waals surface area contributed by atoms with Gasteiger partial charge in [0.05, 0.1) is 13.2 Å². The number of aliphatic hydroxyl groups is 1. The lowest BCUT2D eigenvalue weighted by Crippen LogP contribution is -2.24. The third-order valence-electron chi connectivity index (χ3n) is 4.26. The van der Waals surface area contributed by atoms with Crippen molar-refractivity contribution in [1.82, 2.24) is 0 Å². The quantitative estimate of drug-likeness (QED) is 0.927. The molecule has 4 heteroatoms. The van der Waals surface area contributed by atoms with E-state index in [1.165, 1.54) is 17.6 Å². The number of hydrogen-bond donors (Lipinski definition) is 1. The highest BCUT2D eigenvalue weighted by Gasteiger charge is 2.28. The summed E-state index contributed by atoms with van der Waals surface area (Å²) in [5, 5.41) is 12.7. The fourth-order valence-electron chi connectivity index (χ4n) is 3.16. The third-order valence-corrected chi connectivity index (χ3v) is 5.25. The van der Waals surface area contributed by atoms with Crippen molar-refractivity contribution in [2.75, 3.05) is 7.11 Å². The maximum atomic E-state index is 14.2. The van der Waals surface area contributed by atoms with Crippen molar-refractivity contribution in [3.63, 3.8) is 0 Å². The van der Waals surface area contributed by atoms with E-state index >= 15 is 0 Å². The van der Waals surface area contributed by atoms with Crippen LogP contribution in [0.3, 0.4) is 0 Å². The van der Waals surface area contributed by atoms with E-state index in [2.05, 4.69) is 11.4 Å². The molecule has 2 aromatic rings. The first kappa shape index (κ1) is 14.5. The van der Waals surface area contributed by atoms with Gasteiger partial charge in [0.25, 0.3) is 0 Å². The first-order valence-corrected chi connectivity index (χ1v) is 8.14. The lowest BCUT2D eigenvalue weighted by atomic mass is 9.82. The fraction of sp³-hybridized carbons (Fsp3) is 0.412. The van der Waals surface area contributed by atoms with Crippen molar-refractivity contribution in [3.8, 4) is 5.75 Å². The summed E-state index contributed by atoms with van der Waals surface area (Å²) in [6.07, 6.45) is 2.93. The Kier molecular flexibility index (Phi) is 4.27. The number of methoxy groups -OCH3 is 1. The summed E-state index contributed by atoms with van der Waals surface area (Å²) in [4.78, 5) is 1.37. The van der Waals surface area contributed by atoms with E-state index in [0.29, 0.717) is 12.0 Å². The monoisotopic (exact) mass is 306 g/mol. The normalized spacial score (nSPS) is 19.1. The van der Waals surface area contributed by atoms with Crippen LogP contribution in [0.15, 0.2) is 29.6 Å². The molecule has 0 spiro atoms. The minimum absolute atomic E-state index is 0.116. The van der Waals surface area contributed by atoms with E-state index in [4.69, 9.17) is 4.74 Å². The summed E-state index contributed by atoms with van der Waals surface area (Å²) in [6, 6.07) is 7.19. The van der Waals surface area contributed by atoms with Gasteiger partial charge in [0.2, 0.25) is 0 Å². The van der Waals surface area contributed by atoms with Crippen LogP contribution in [-0.4, -0.2) is 18.3 Å². The lowest BCUT2D eigenvalue weighted by molar-refractivity contribution is 0.134. The zero-order valence-electron chi connectivity index (χ0n) is 12.0. The molecule has 0 saturated carbocycles. The minimum Gasteiger partial charge on any atom is -0.494 e. The smallest absolute Gasteiger partial charge is 0.168 e. The van der Waals surface area contributed by atoms with Crippen molar-refractivity contribution in [1.29, 1.82) is 0 Å². The van der Waals surface area contributed by atoms with Gasteiger partial charge in [-0.3, -0.25) is 0 Å². The standard InChI is InChI=1S/C17H19FO2S/c1-20-15-6-2-4-11(17(15)18)10-14(19)12-5-3-7-16-13(12)8-9-21-16/h2,4,6,8-9,12,14,19H,3,5,7,10H2,1H3. The zero-order valence-corrected chi connectivity index (χ0v) is 12.8. The van der Waals surface area contributed by atoms with Crippen molar-refractivity contribution < 1.29 is 14.2 Å². The number of hydrogen-bond acceptors (Lipinski definition) is 3. The highest BCUT2D eigenvalue weighted by atomic mass is 32.1. The molecule has 0 amide bonds. The fourth-order valence-corrected chi connectivity index (χ4v) is 4.16. The van der Waals surface area contributed by atoms with Crippen LogP contribution < -0.4 is 4.74 Å². The van der Waals surface area contributed by atoms with Gasteiger partial charge in [-0.2, -0.15) is 0 Å². The molecule has 1 aliphatic carbocycles. The predicted molar refractivity (Wildman–Crippen MR) is 82.7 cm³/mol. The average molecular weight is 306 g/mol. The van der Waals surface area contributed by atoms with E-state index in [9.17, 15) is 9.50 Å². The second-order valence-electron chi connectivity index (χ2n) is 5.50. The molecule has 1 aromatic heterocycles. The van der Waals surface area contributed by atoms with Crippen LogP contribution in [0, 0.1) is 5.82 Å². The average Bonchev–Trinajstić information content (AvgIpc) is 2.97. The summed E-state index contributed by atoms with van der Waals surface area (Å²) in [5.41, 5.74) is 1.77. The van der Waals surface area contributed by atoms with E-state index in [1.807, 2.05) is 0 Å². The molecule has 0 radical (unpaired) electrons. The molecule has 0 bridgehead atoms. The molecule has 0 aliphatic heterocycles. The Morgan fingerprint density at radius 3 is 3.10 bits per heavy atom. The molecule has 1 heterocycles. The summed E-state index contributed by atoms with van der Waals surface area (Å²) >= 11 is 1.76. The number of aliphatic hydroxyl groups excluding tert-OH is 1. The first-order valence-electron chi connectivity index (χ1n) is 7.26. The molecule has 2 nitrogen and oxygen atoms in total. The Morgan fingerprint density at radius 2 is 2.29 bits per heavy atom. The van der Waals surface area contributed by atoms with Crippen molar-refractivity contribution in [2.24, 2.45) is 0 Å². The Bertz CT molecular complexity index is 623. The maximum Gasteiger partial charge on any atom is 0.168 e. The molecule has 112 valence electrons. The Labute approximate surface area is 128 Å². The highest BCUT2D eigenvalue weighted by Crippen LogP contribution is 2.38. The number of ether oxygens (including phenoxy) is 1. The summed E-state index contributed by atoms with van der Waals surface area (Å²) < 4.78 is 19.2. The van der Waals surface area contributed by atoms with Gasteiger partial charge in [0.15, 0.2) is 11.6 Å². The molecule has 0 saturated heterocycles. The Morgan fingerprint density at radius 1 is 1.43 bits per heavy atom. The van der Waals surface area contributed by atoms with E-state index in [1.54, 1.807) is 29.5 Å². The van der Waals surface area contributed by atoms with Crippen LogP contribution in [0.5, 0.6) is 5.75 Å². The van der Waals surface area contributed by atoms with Gasteiger partial charge in [-0.15, -0.1) is 11.3 Å². The van der Waals surface area contributed by atoms with Crippen LogP contribution in [0.4, 0.5) is 4.39 Å². The molecule has 0 fully saturated rings. The summed E-state index contributed by atoms with van der Waals surface area (Å²) in [6.45, 7) is 0. The molecule has 2 atom stereocenters. The number of benzene rings is 1. The molecule has 1 aliphatic rings. The molecule has 21 heavy (non-hydrogen) atoms. The number of halogens is 1. The second kappa shape index (κ2) is 6.16. The van der Waals surface area contributed by atoms with Crippen molar-refractivity contribution >= 4 is 11.3 Å². The number of thiophene rings is 1. The number of fused-ring (bicyclic) bond motifs is 1. The van der Waals surface area contributed by atoms with Crippen molar-refractivity contribution in [3.05, 3.63) is 51.5 Å². The van der Waals surface area contributed by atoms with Crippen LogP contribution in [0.1, 0.15) is 34.8 Å². The zero-order chi connectivity index (χ0) is 14.8. The van der Waals surface area contributed by atoms with E-state index < -0.39 is 6.10 Å². The van der Waals surface area contributed by atoms with E-state index in [-0.39, 0.29) is 17.5 Å². The van der Waals surface area contributed by atoms with Crippen LogP contribution in [-0.2, 0) is 12.8 Å². The Balaban J connectivity index is 1.80. The molecule has 1 aromatic carbocycles. The second-order valence-corrected chi connectivity index (χ2v) is 6.50. The number of aryl methyl sites for hydroxylation is 1. The number of rotatable bonds is 4. The topological polar surface area (TPSA) is 29.5 Å². The summed E-state index contributed by atoms with van der Waals surface area (Å²) in [7, 11) is 1.46. The Hall–Kier alpha value is -1.39. The highest BCUT2D eigenvalue weighted by molar-refractivity contribution is 7.10. The van der Waals surface area contributed by atoms with Gasteiger partial charge in [-0.1, -0.05) is 12.1 Å². The SMILES string of the molecule is COc1cccc(CC(O)C2CCCc3sccc32)c1F. The maximum absolute atomic E-state index is 14.2. The molecule has 3 rings (SSSR count). The van der Waals surface area contributed by atoms with Gasteiger partial charge in [-0.05, 0) is 47.9 Å².